The SMILES string of the molecule is CCOc1ccc(Br)c(CC2CCN(CC3COC(=O)N(c4ccccc4)C3)CC2)c1. The lowest BCUT2D eigenvalue weighted by Gasteiger charge is -2.38. The molecule has 31 heavy (non-hydrogen) atoms. The lowest BCUT2D eigenvalue weighted by Crippen LogP contribution is -2.48. The number of nitrogens with zero attached hydrogens (tertiary/aromatic N) is 2. The molecule has 1 unspecified atom stereocenters. The Balaban J connectivity index is 1.28. The van der Waals surface area contributed by atoms with Gasteiger partial charge >= 0.3 is 6.09 Å². The van der Waals surface area contributed by atoms with Crippen LogP contribution in [0, 0.1) is 11.8 Å². The molecular weight excluding hydrogens is 456 g/mol. The van der Waals surface area contributed by atoms with Gasteiger partial charge in [0.2, 0.25) is 0 Å². The summed E-state index contributed by atoms with van der Waals surface area (Å²) >= 11 is 3.70. The Bertz CT molecular complexity index is 868. The largest absolute Gasteiger partial charge is 0.494 e. The van der Waals surface area contributed by atoms with E-state index in [0.717, 1.165) is 44.0 Å². The second kappa shape index (κ2) is 10.5. The Labute approximate surface area is 193 Å². The summed E-state index contributed by atoms with van der Waals surface area (Å²) in [5, 5.41) is 0. The molecule has 0 N–H and O–H groups in total. The van der Waals surface area contributed by atoms with Gasteiger partial charge in [0, 0.05) is 29.2 Å². The summed E-state index contributed by atoms with van der Waals surface area (Å²) in [6.07, 6.45) is 3.24. The van der Waals surface area contributed by atoms with E-state index in [-0.39, 0.29) is 6.09 Å². The summed E-state index contributed by atoms with van der Waals surface area (Å²) in [4.78, 5) is 16.5. The van der Waals surface area contributed by atoms with Crippen LogP contribution in [0.15, 0.2) is 53.0 Å². The monoisotopic (exact) mass is 486 g/mol. The summed E-state index contributed by atoms with van der Waals surface area (Å²) in [7, 11) is 0. The van der Waals surface area contributed by atoms with Crippen molar-refractivity contribution < 1.29 is 14.3 Å². The van der Waals surface area contributed by atoms with E-state index in [1.54, 1.807) is 4.90 Å². The van der Waals surface area contributed by atoms with Gasteiger partial charge in [0.25, 0.3) is 0 Å². The average Bonchev–Trinajstić information content (AvgIpc) is 2.79. The zero-order chi connectivity index (χ0) is 21.6. The van der Waals surface area contributed by atoms with Gasteiger partial charge in [0.05, 0.1) is 13.2 Å². The van der Waals surface area contributed by atoms with Gasteiger partial charge in [-0.3, -0.25) is 4.90 Å². The topological polar surface area (TPSA) is 42.0 Å². The van der Waals surface area contributed by atoms with Gasteiger partial charge in [0.1, 0.15) is 5.75 Å². The third-order valence-electron chi connectivity index (χ3n) is 6.23. The molecule has 4 rings (SSSR count). The molecule has 5 nitrogen and oxygen atoms in total. The number of piperidine rings is 1. The predicted octanol–water partition coefficient (Wildman–Crippen LogP) is 5.38. The minimum atomic E-state index is -0.235. The van der Waals surface area contributed by atoms with Gasteiger partial charge in [-0.15, -0.1) is 0 Å². The fourth-order valence-electron chi connectivity index (χ4n) is 4.59. The Morgan fingerprint density at radius 2 is 1.87 bits per heavy atom. The number of likely N-dealkylation sites (tertiary alicyclic amines) is 1. The number of benzene rings is 2. The number of hydrogen-bond acceptors (Lipinski definition) is 4. The predicted molar refractivity (Wildman–Crippen MR) is 127 cm³/mol. The molecule has 0 saturated carbocycles. The zero-order valence-electron chi connectivity index (χ0n) is 18.1. The number of carbonyl (C=O) groups is 1. The summed E-state index contributed by atoms with van der Waals surface area (Å²) < 4.78 is 12.3. The second-order valence-corrected chi connectivity index (χ2v) is 9.38. The Hall–Kier alpha value is -2.05. The molecule has 1 amide bonds. The number of anilines is 1. The van der Waals surface area contributed by atoms with Crippen LogP contribution in [-0.4, -0.2) is 50.4 Å². The highest BCUT2D eigenvalue weighted by Gasteiger charge is 2.30. The first-order chi connectivity index (χ1) is 15.1. The van der Waals surface area contributed by atoms with Crippen molar-refractivity contribution in [1.82, 2.24) is 4.90 Å². The molecule has 2 heterocycles. The first-order valence-electron chi connectivity index (χ1n) is 11.2. The lowest BCUT2D eigenvalue weighted by molar-refractivity contribution is 0.0870. The van der Waals surface area contributed by atoms with Crippen LogP contribution in [0.3, 0.4) is 0 Å². The average molecular weight is 487 g/mol. The molecule has 2 saturated heterocycles. The summed E-state index contributed by atoms with van der Waals surface area (Å²) in [6.45, 7) is 7.12. The minimum absolute atomic E-state index is 0.235. The van der Waals surface area contributed by atoms with Gasteiger partial charge in [-0.25, -0.2) is 4.79 Å². The van der Waals surface area contributed by atoms with Gasteiger partial charge < -0.3 is 14.4 Å². The van der Waals surface area contributed by atoms with Crippen molar-refractivity contribution in [3.05, 3.63) is 58.6 Å². The summed E-state index contributed by atoms with van der Waals surface area (Å²) in [5.74, 6) is 1.98. The lowest BCUT2D eigenvalue weighted by atomic mass is 9.89. The molecular formula is C25H31BrN2O3. The molecule has 2 aliphatic heterocycles. The molecule has 0 bridgehead atoms. The Kier molecular flexibility index (Phi) is 7.51. The van der Waals surface area contributed by atoms with Crippen molar-refractivity contribution in [3.8, 4) is 5.75 Å². The van der Waals surface area contributed by atoms with E-state index in [9.17, 15) is 4.79 Å². The van der Waals surface area contributed by atoms with E-state index >= 15 is 0 Å². The van der Waals surface area contributed by atoms with E-state index in [4.69, 9.17) is 9.47 Å². The molecule has 2 aromatic carbocycles. The van der Waals surface area contributed by atoms with Crippen molar-refractivity contribution in [2.24, 2.45) is 11.8 Å². The third-order valence-corrected chi connectivity index (χ3v) is 7.01. The van der Waals surface area contributed by atoms with E-state index in [1.165, 1.54) is 22.9 Å². The maximum atomic E-state index is 12.2. The summed E-state index contributed by atoms with van der Waals surface area (Å²) in [6, 6.07) is 16.1. The number of rotatable bonds is 7. The van der Waals surface area contributed by atoms with Crippen molar-refractivity contribution in [2.75, 3.05) is 44.3 Å². The number of hydrogen-bond donors (Lipinski definition) is 0. The maximum Gasteiger partial charge on any atom is 0.414 e. The standard InChI is InChI=1S/C25H31BrN2O3/c1-2-30-23-8-9-24(26)21(15-23)14-19-10-12-27(13-11-19)16-20-17-28(25(29)31-18-20)22-6-4-3-5-7-22/h3-9,15,19-20H,2,10-14,16-18H2,1H3. The molecule has 0 spiro atoms. The van der Waals surface area contributed by atoms with Gasteiger partial charge in [-0.1, -0.05) is 34.1 Å². The summed E-state index contributed by atoms with van der Waals surface area (Å²) in [5.41, 5.74) is 2.25. The fourth-order valence-corrected chi connectivity index (χ4v) is 5.00. The highest BCUT2D eigenvalue weighted by atomic mass is 79.9. The molecule has 0 aliphatic carbocycles. The van der Waals surface area contributed by atoms with Gasteiger partial charge in [-0.05, 0) is 81.1 Å². The third kappa shape index (κ3) is 5.80. The van der Waals surface area contributed by atoms with Crippen LogP contribution in [0.4, 0.5) is 10.5 Å². The number of amides is 1. The Morgan fingerprint density at radius 1 is 1.10 bits per heavy atom. The van der Waals surface area contributed by atoms with Crippen LogP contribution < -0.4 is 9.64 Å². The Morgan fingerprint density at radius 3 is 2.61 bits per heavy atom. The maximum absolute atomic E-state index is 12.2. The number of halogens is 1. The molecule has 2 fully saturated rings. The molecule has 6 heteroatoms. The minimum Gasteiger partial charge on any atom is -0.494 e. The van der Waals surface area contributed by atoms with Crippen LogP contribution in [0.25, 0.3) is 0 Å². The highest BCUT2D eigenvalue weighted by Crippen LogP contribution is 2.29. The van der Waals surface area contributed by atoms with Crippen LogP contribution >= 0.6 is 15.9 Å². The highest BCUT2D eigenvalue weighted by molar-refractivity contribution is 9.10. The fraction of sp³-hybridized carbons (Fsp3) is 0.480. The van der Waals surface area contributed by atoms with Gasteiger partial charge in [0.15, 0.2) is 0 Å². The molecule has 2 aromatic rings. The quantitative estimate of drug-likeness (QED) is 0.526. The van der Waals surface area contributed by atoms with E-state index in [2.05, 4.69) is 33.0 Å². The van der Waals surface area contributed by atoms with Crippen LogP contribution in [0.5, 0.6) is 5.75 Å². The van der Waals surface area contributed by atoms with Crippen molar-refractivity contribution in [3.63, 3.8) is 0 Å². The second-order valence-electron chi connectivity index (χ2n) is 8.52. The van der Waals surface area contributed by atoms with Crippen molar-refractivity contribution in [1.29, 1.82) is 0 Å². The van der Waals surface area contributed by atoms with Crippen molar-refractivity contribution >= 4 is 27.7 Å². The van der Waals surface area contributed by atoms with Crippen LogP contribution in [0.1, 0.15) is 25.3 Å². The molecule has 0 aromatic heterocycles. The number of para-hydroxylation sites is 1. The molecule has 1 atom stereocenters. The van der Waals surface area contributed by atoms with Gasteiger partial charge in [-0.2, -0.15) is 0 Å². The van der Waals surface area contributed by atoms with Crippen molar-refractivity contribution in [2.45, 2.75) is 26.2 Å². The van der Waals surface area contributed by atoms with E-state index in [0.29, 0.717) is 25.0 Å². The number of cyclic esters (lactones) is 1. The van der Waals surface area contributed by atoms with Crippen LogP contribution in [-0.2, 0) is 11.2 Å². The van der Waals surface area contributed by atoms with E-state index < -0.39 is 0 Å². The number of carbonyl (C=O) groups excluding carboxylic acids is 1. The zero-order valence-corrected chi connectivity index (χ0v) is 19.7. The molecule has 2 aliphatic rings. The molecule has 0 radical (unpaired) electrons. The first-order valence-corrected chi connectivity index (χ1v) is 12.0. The number of ether oxygens (including phenoxy) is 2. The van der Waals surface area contributed by atoms with E-state index in [1.807, 2.05) is 43.3 Å². The first kappa shape index (κ1) is 22.2. The van der Waals surface area contributed by atoms with Crippen LogP contribution in [0.2, 0.25) is 0 Å². The normalized spacial score (nSPS) is 20.5. The smallest absolute Gasteiger partial charge is 0.414 e. The molecule has 166 valence electrons.